The summed E-state index contributed by atoms with van der Waals surface area (Å²) in [5.74, 6) is 0. The molecule has 0 aromatic heterocycles. The van der Waals surface area contributed by atoms with Crippen LogP contribution in [0.3, 0.4) is 0 Å². The first kappa shape index (κ1) is 25.1. The third kappa shape index (κ3) is 4.45. The molecule has 0 radical (unpaired) electrons. The van der Waals surface area contributed by atoms with Gasteiger partial charge in [-0.3, -0.25) is 0 Å². The SMILES string of the molecule is CN(c1ccccc1)c1ccccc1Nc1ccc(-c2ccc(-c3ccc4ccc5cccc6ccc3c4c56)cc2)cc1. The maximum absolute atomic E-state index is 3.63. The second-order valence-electron chi connectivity index (χ2n) is 11.2. The number of rotatable bonds is 6. The van der Waals surface area contributed by atoms with E-state index in [1.165, 1.54) is 54.6 Å². The van der Waals surface area contributed by atoms with E-state index in [1.54, 1.807) is 0 Å². The quantitative estimate of drug-likeness (QED) is 0.207. The summed E-state index contributed by atoms with van der Waals surface area (Å²) < 4.78 is 0. The van der Waals surface area contributed by atoms with E-state index >= 15 is 0 Å². The highest BCUT2D eigenvalue weighted by Crippen LogP contribution is 2.40. The van der Waals surface area contributed by atoms with E-state index < -0.39 is 0 Å². The van der Waals surface area contributed by atoms with Gasteiger partial charge in [-0.25, -0.2) is 0 Å². The molecule has 204 valence electrons. The van der Waals surface area contributed by atoms with Gasteiger partial charge in [0.1, 0.15) is 0 Å². The number of anilines is 4. The molecule has 0 saturated heterocycles. The van der Waals surface area contributed by atoms with Crippen molar-refractivity contribution in [3.05, 3.63) is 158 Å². The fourth-order valence-corrected chi connectivity index (χ4v) is 6.39. The first-order valence-corrected chi connectivity index (χ1v) is 14.8. The minimum absolute atomic E-state index is 1.06. The van der Waals surface area contributed by atoms with Gasteiger partial charge in [-0.05, 0) is 91.0 Å². The topological polar surface area (TPSA) is 15.3 Å². The lowest BCUT2D eigenvalue weighted by atomic mass is 9.89. The normalized spacial score (nSPS) is 11.4. The Morgan fingerprint density at radius 3 is 1.77 bits per heavy atom. The molecule has 8 aromatic carbocycles. The molecule has 0 heterocycles. The number of hydrogen-bond acceptors (Lipinski definition) is 2. The van der Waals surface area contributed by atoms with Crippen LogP contribution in [0, 0.1) is 0 Å². The van der Waals surface area contributed by atoms with Crippen molar-refractivity contribution in [1.82, 2.24) is 0 Å². The number of nitrogens with zero attached hydrogens (tertiary/aromatic N) is 1. The van der Waals surface area contributed by atoms with Crippen molar-refractivity contribution in [3.8, 4) is 22.3 Å². The summed E-state index contributed by atoms with van der Waals surface area (Å²) in [5, 5.41) is 11.5. The van der Waals surface area contributed by atoms with Crippen LogP contribution in [-0.4, -0.2) is 7.05 Å². The maximum Gasteiger partial charge on any atom is 0.0647 e. The third-order valence-electron chi connectivity index (χ3n) is 8.63. The van der Waals surface area contributed by atoms with Gasteiger partial charge in [0.05, 0.1) is 11.4 Å². The highest BCUT2D eigenvalue weighted by Gasteiger charge is 2.13. The molecule has 43 heavy (non-hydrogen) atoms. The molecule has 2 heteroatoms. The van der Waals surface area contributed by atoms with Crippen LogP contribution in [-0.2, 0) is 0 Å². The summed E-state index contributed by atoms with van der Waals surface area (Å²) in [6.07, 6.45) is 0. The Kier molecular flexibility index (Phi) is 6.05. The van der Waals surface area contributed by atoms with Gasteiger partial charge in [0.2, 0.25) is 0 Å². The van der Waals surface area contributed by atoms with Crippen LogP contribution in [0.2, 0.25) is 0 Å². The van der Waals surface area contributed by atoms with Crippen LogP contribution >= 0.6 is 0 Å². The molecule has 0 atom stereocenters. The van der Waals surface area contributed by atoms with Gasteiger partial charge < -0.3 is 10.2 Å². The largest absolute Gasteiger partial charge is 0.354 e. The lowest BCUT2D eigenvalue weighted by Gasteiger charge is -2.23. The van der Waals surface area contributed by atoms with Crippen LogP contribution in [0.4, 0.5) is 22.7 Å². The molecule has 0 aliphatic heterocycles. The molecule has 0 amide bonds. The molecule has 0 spiro atoms. The molecule has 2 nitrogen and oxygen atoms in total. The molecule has 0 aliphatic rings. The summed E-state index contributed by atoms with van der Waals surface area (Å²) in [6, 6.07) is 56.7. The van der Waals surface area contributed by atoms with Crippen molar-refractivity contribution < 1.29 is 0 Å². The molecule has 0 bridgehead atoms. The van der Waals surface area contributed by atoms with Crippen molar-refractivity contribution in [2.75, 3.05) is 17.3 Å². The molecule has 1 N–H and O–H groups in total. The summed E-state index contributed by atoms with van der Waals surface area (Å²) in [5.41, 5.74) is 9.31. The van der Waals surface area contributed by atoms with Gasteiger partial charge in [0, 0.05) is 18.4 Å². The third-order valence-corrected chi connectivity index (χ3v) is 8.63. The second kappa shape index (κ2) is 10.3. The number of hydrogen-bond donors (Lipinski definition) is 1. The number of nitrogens with one attached hydrogen (secondary N) is 1. The van der Waals surface area contributed by atoms with E-state index in [0.717, 1.165) is 22.7 Å². The molecule has 0 unspecified atom stereocenters. The Bertz CT molecular complexity index is 2180. The van der Waals surface area contributed by atoms with Crippen molar-refractivity contribution in [2.45, 2.75) is 0 Å². The molecular weight excluding hydrogens is 520 g/mol. The minimum atomic E-state index is 1.06. The Morgan fingerprint density at radius 1 is 0.442 bits per heavy atom. The first-order valence-electron chi connectivity index (χ1n) is 14.8. The van der Waals surface area contributed by atoms with E-state index in [0.29, 0.717) is 0 Å². The standard InChI is InChI=1S/C41H30N2/c1-43(35-10-3-2-4-11-35)39-13-6-5-12-38(39)42-34-24-20-29(21-25-34)28-14-16-30(17-15-28)36-26-22-33-19-18-31-8-7-9-32-23-27-37(36)41(33)40(31)32/h2-27,42H,1H3. The first-order chi connectivity index (χ1) is 21.2. The van der Waals surface area contributed by atoms with E-state index in [2.05, 4.69) is 169 Å². The zero-order valence-corrected chi connectivity index (χ0v) is 24.0. The zero-order chi connectivity index (χ0) is 28.8. The van der Waals surface area contributed by atoms with Gasteiger partial charge in [-0.1, -0.05) is 121 Å². The van der Waals surface area contributed by atoms with Gasteiger partial charge in [-0.2, -0.15) is 0 Å². The molecule has 8 aromatic rings. The van der Waals surface area contributed by atoms with E-state index in [9.17, 15) is 0 Å². The predicted molar refractivity (Wildman–Crippen MR) is 185 cm³/mol. The Hall–Kier alpha value is -5.60. The number of benzene rings is 8. The lowest BCUT2D eigenvalue weighted by molar-refractivity contribution is 1.21. The Labute approximate surface area is 251 Å². The second-order valence-corrected chi connectivity index (χ2v) is 11.2. The minimum Gasteiger partial charge on any atom is -0.354 e. The molecule has 8 rings (SSSR count). The zero-order valence-electron chi connectivity index (χ0n) is 24.0. The van der Waals surface area contributed by atoms with Crippen LogP contribution in [0.15, 0.2) is 158 Å². The predicted octanol–water partition coefficient (Wildman–Crippen LogP) is 11.4. The monoisotopic (exact) mass is 550 g/mol. The maximum atomic E-state index is 3.63. The summed E-state index contributed by atoms with van der Waals surface area (Å²) in [6.45, 7) is 0. The van der Waals surface area contributed by atoms with E-state index in [1.807, 2.05) is 6.07 Å². The lowest BCUT2D eigenvalue weighted by Crippen LogP contribution is -2.11. The fraction of sp³-hybridized carbons (Fsp3) is 0.0244. The molecule has 0 saturated carbocycles. The number of para-hydroxylation sites is 3. The average Bonchev–Trinajstić information content (AvgIpc) is 3.08. The van der Waals surface area contributed by atoms with Crippen molar-refractivity contribution in [1.29, 1.82) is 0 Å². The highest BCUT2D eigenvalue weighted by atomic mass is 15.1. The van der Waals surface area contributed by atoms with Gasteiger partial charge >= 0.3 is 0 Å². The van der Waals surface area contributed by atoms with Crippen LogP contribution in [0.5, 0.6) is 0 Å². The Balaban J connectivity index is 1.07. The smallest absolute Gasteiger partial charge is 0.0647 e. The van der Waals surface area contributed by atoms with Gasteiger partial charge in [0.15, 0.2) is 0 Å². The summed E-state index contributed by atoms with van der Waals surface area (Å²) >= 11 is 0. The van der Waals surface area contributed by atoms with E-state index in [4.69, 9.17) is 0 Å². The van der Waals surface area contributed by atoms with Gasteiger partial charge in [0.25, 0.3) is 0 Å². The molecule has 0 aliphatic carbocycles. The van der Waals surface area contributed by atoms with Crippen LogP contribution < -0.4 is 10.2 Å². The summed E-state index contributed by atoms with van der Waals surface area (Å²) in [7, 11) is 2.10. The highest BCUT2D eigenvalue weighted by molar-refractivity contribution is 6.25. The molecular formula is C41H30N2. The van der Waals surface area contributed by atoms with Gasteiger partial charge in [-0.15, -0.1) is 0 Å². The Morgan fingerprint density at radius 2 is 1.02 bits per heavy atom. The van der Waals surface area contributed by atoms with E-state index in [-0.39, 0.29) is 0 Å². The van der Waals surface area contributed by atoms with Crippen molar-refractivity contribution in [2.24, 2.45) is 0 Å². The van der Waals surface area contributed by atoms with Crippen LogP contribution in [0.1, 0.15) is 0 Å². The fourth-order valence-electron chi connectivity index (χ4n) is 6.39. The van der Waals surface area contributed by atoms with Crippen LogP contribution in [0.25, 0.3) is 54.6 Å². The van der Waals surface area contributed by atoms with Crippen molar-refractivity contribution >= 4 is 55.1 Å². The van der Waals surface area contributed by atoms with Crippen molar-refractivity contribution in [3.63, 3.8) is 0 Å². The molecule has 0 fully saturated rings. The summed E-state index contributed by atoms with van der Waals surface area (Å²) in [4.78, 5) is 2.21. The average molecular weight is 551 g/mol.